The Hall–Kier alpha value is -1.86. The number of amides is 1. The summed E-state index contributed by atoms with van der Waals surface area (Å²) in [5.74, 6) is 0.179. The lowest BCUT2D eigenvalue weighted by molar-refractivity contribution is -0.130. The van der Waals surface area contributed by atoms with Crippen molar-refractivity contribution in [3.05, 3.63) is 35.4 Å². The highest BCUT2D eigenvalue weighted by molar-refractivity contribution is 5.84. The molecule has 0 radical (unpaired) electrons. The molecule has 1 amide bonds. The first kappa shape index (κ1) is 13.6. The Morgan fingerprint density at radius 1 is 1.42 bits per heavy atom. The van der Waals surface area contributed by atoms with Gasteiger partial charge in [0, 0.05) is 19.1 Å². The molecular formula is C15H19N3O. The first-order chi connectivity index (χ1) is 9.10. The van der Waals surface area contributed by atoms with Crippen LogP contribution in [0.25, 0.3) is 0 Å². The Morgan fingerprint density at radius 2 is 2.11 bits per heavy atom. The molecule has 1 aromatic carbocycles. The molecule has 0 aliphatic carbocycles. The zero-order valence-electron chi connectivity index (χ0n) is 11.4. The molecule has 0 aromatic heterocycles. The fourth-order valence-corrected chi connectivity index (χ4v) is 2.36. The van der Waals surface area contributed by atoms with Gasteiger partial charge in [0.1, 0.15) is 0 Å². The smallest absolute Gasteiger partial charge is 0.240 e. The van der Waals surface area contributed by atoms with Crippen molar-refractivity contribution in [2.75, 3.05) is 6.54 Å². The lowest BCUT2D eigenvalue weighted by Gasteiger charge is -2.18. The van der Waals surface area contributed by atoms with E-state index in [1.807, 2.05) is 17.0 Å². The summed E-state index contributed by atoms with van der Waals surface area (Å²) in [6.45, 7) is 5.52. The Morgan fingerprint density at radius 3 is 2.68 bits per heavy atom. The second-order valence-electron chi connectivity index (χ2n) is 5.23. The summed E-state index contributed by atoms with van der Waals surface area (Å²) in [5, 5.41) is 12.0. The minimum absolute atomic E-state index is 0.0432. The average Bonchev–Trinajstić information content (AvgIpc) is 2.72. The van der Waals surface area contributed by atoms with E-state index in [1.54, 1.807) is 12.1 Å². The molecule has 1 saturated heterocycles. The lowest BCUT2D eigenvalue weighted by atomic mass is 10.1. The molecule has 1 heterocycles. The molecule has 4 nitrogen and oxygen atoms in total. The molecule has 1 unspecified atom stereocenters. The first-order valence-corrected chi connectivity index (χ1v) is 6.64. The van der Waals surface area contributed by atoms with Crippen LogP contribution in [0, 0.1) is 11.3 Å². The third-order valence-corrected chi connectivity index (χ3v) is 3.29. The van der Waals surface area contributed by atoms with E-state index in [4.69, 9.17) is 5.26 Å². The van der Waals surface area contributed by atoms with Gasteiger partial charge in [-0.25, -0.2) is 0 Å². The summed E-state index contributed by atoms with van der Waals surface area (Å²) in [6.07, 6.45) is 0.868. The molecule has 1 fully saturated rings. The molecule has 1 aliphatic heterocycles. The molecule has 19 heavy (non-hydrogen) atoms. The Bertz CT molecular complexity index is 487. The lowest BCUT2D eigenvalue weighted by Crippen LogP contribution is -2.41. The van der Waals surface area contributed by atoms with Gasteiger partial charge in [-0.05, 0) is 24.1 Å². The van der Waals surface area contributed by atoms with Crippen LogP contribution in [0.1, 0.15) is 31.4 Å². The quantitative estimate of drug-likeness (QED) is 0.892. The van der Waals surface area contributed by atoms with E-state index in [0.29, 0.717) is 18.2 Å². The fourth-order valence-electron chi connectivity index (χ4n) is 2.36. The standard InChI is InChI=1S/C15H19N3O/c1-11(2)17-14-7-8-18(15(14)19)10-13-5-3-12(9-16)4-6-13/h3-6,11,14,17H,7-8,10H2,1-2H3. The highest BCUT2D eigenvalue weighted by Gasteiger charge is 2.31. The molecule has 1 atom stereocenters. The zero-order chi connectivity index (χ0) is 13.8. The number of nitrogens with one attached hydrogen (secondary N) is 1. The van der Waals surface area contributed by atoms with Gasteiger partial charge in [-0.2, -0.15) is 5.26 Å². The van der Waals surface area contributed by atoms with Gasteiger partial charge in [0.25, 0.3) is 0 Å². The van der Waals surface area contributed by atoms with Crippen LogP contribution in [0.2, 0.25) is 0 Å². The Balaban J connectivity index is 1.96. The molecule has 0 bridgehead atoms. The second kappa shape index (κ2) is 5.85. The minimum atomic E-state index is -0.0432. The number of nitriles is 1. The molecule has 4 heteroatoms. The number of carbonyl (C=O) groups excluding carboxylic acids is 1. The number of benzene rings is 1. The van der Waals surface area contributed by atoms with Crippen LogP contribution in [-0.4, -0.2) is 29.4 Å². The van der Waals surface area contributed by atoms with Gasteiger partial charge in [-0.3, -0.25) is 4.79 Å². The van der Waals surface area contributed by atoms with E-state index in [0.717, 1.165) is 18.5 Å². The first-order valence-electron chi connectivity index (χ1n) is 6.64. The second-order valence-corrected chi connectivity index (χ2v) is 5.23. The predicted molar refractivity (Wildman–Crippen MR) is 73.3 cm³/mol. The summed E-state index contributed by atoms with van der Waals surface area (Å²) in [7, 11) is 0. The van der Waals surface area contributed by atoms with Gasteiger partial charge < -0.3 is 10.2 Å². The molecule has 2 rings (SSSR count). The molecule has 0 spiro atoms. The van der Waals surface area contributed by atoms with Gasteiger partial charge >= 0.3 is 0 Å². The highest BCUT2D eigenvalue weighted by Crippen LogP contribution is 2.16. The van der Waals surface area contributed by atoms with Crippen LogP contribution in [0.4, 0.5) is 0 Å². The van der Waals surface area contributed by atoms with E-state index in [9.17, 15) is 4.79 Å². The number of hydrogen-bond acceptors (Lipinski definition) is 3. The van der Waals surface area contributed by atoms with Gasteiger partial charge in [-0.15, -0.1) is 0 Å². The molecular weight excluding hydrogens is 238 g/mol. The molecule has 1 aliphatic rings. The number of carbonyl (C=O) groups is 1. The van der Waals surface area contributed by atoms with E-state index in [1.165, 1.54) is 0 Å². The van der Waals surface area contributed by atoms with Crippen molar-refractivity contribution in [1.29, 1.82) is 5.26 Å². The third kappa shape index (κ3) is 3.33. The van der Waals surface area contributed by atoms with Crippen molar-refractivity contribution in [2.24, 2.45) is 0 Å². The van der Waals surface area contributed by atoms with Crippen molar-refractivity contribution in [3.63, 3.8) is 0 Å². The molecule has 1 aromatic rings. The van der Waals surface area contributed by atoms with E-state index in [-0.39, 0.29) is 11.9 Å². The molecule has 100 valence electrons. The predicted octanol–water partition coefficient (Wildman–Crippen LogP) is 1.66. The van der Waals surface area contributed by atoms with Crippen LogP contribution < -0.4 is 5.32 Å². The summed E-state index contributed by atoms with van der Waals surface area (Å²) < 4.78 is 0. The molecule has 1 N–H and O–H groups in total. The zero-order valence-corrected chi connectivity index (χ0v) is 11.4. The summed E-state index contributed by atoms with van der Waals surface area (Å²) in [6, 6.07) is 9.78. The fraction of sp³-hybridized carbons (Fsp3) is 0.467. The van der Waals surface area contributed by atoms with Gasteiger partial charge in [-0.1, -0.05) is 26.0 Å². The number of hydrogen-bond donors (Lipinski definition) is 1. The Labute approximate surface area is 114 Å². The maximum absolute atomic E-state index is 12.2. The summed E-state index contributed by atoms with van der Waals surface area (Å²) >= 11 is 0. The van der Waals surface area contributed by atoms with Gasteiger partial charge in [0.2, 0.25) is 5.91 Å². The van der Waals surface area contributed by atoms with Gasteiger partial charge in [0.05, 0.1) is 17.7 Å². The van der Waals surface area contributed by atoms with Crippen molar-refractivity contribution in [3.8, 4) is 6.07 Å². The topological polar surface area (TPSA) is 56.1 Å². The highest BCUT2D eigenvalue weighted by atomic mass is 16.2. The van der Waals surface area contributed by atoms with Crippen molar-refractivity contribution >= 4 is 5.91 Å². The maximum atomic E-state index is 12.2. The van der Waals surface area contributed by atoms with Crippen molar-refractivity contribution in [1.82, 2.24) is 10.2 Å². The number of nitrogens with zero attached hydrogens (tertiary/aromatic N) is 2. The largest absolute Gasteiger partial charge is 0.337 e. The van der Waals surface area contributed by atoms with Crippen molar-refractivity contribution in [2.45, 2.75) is 38.9 Å². The average molecular weight is 257 g/mol. The van der Waals surface area contributed by atoms with Crippen LogP contribution in [-0.2, 0) is 11.3 Å². The van der Waals surface area contributed by atoms with E-state index < -0.39 is 0 Å². The van der Waals surface area contributed by atoms with Crippen LogP contribution in [0.5, 0.6) is 0 Å². The summed E-state index contributed by atoms with van der Waals surface area (Å²) in [5.41, 5.74) is 1.72. The van der Waals surface area contributed by atoms with Crippen LogP contribution in [0.3, 0.4) is 0 Å². The normalized spacial score (nSPS) is 18.9. The van der Waals surface area contributed by atoms with Crippen LogP contribution in [0.15, 0.2) is 24.3 Å². The number of rotatable bonds is 4. The number of likely N-dealkylation sites (tertiary alicyclic amines) is 1. The maximum Gasteiger partial charge on any atom is 0.240 e. The molecule has 0 saturated carbocycles. The third-order valence-electron chi connectivity index (χ3n) is 3.29. The van der Waals surface area contributed by atoms with Gasteiger partial charge in [0.15, 0.2) is 0 Å². The summed E-state index contributed by atoms with van der Waals surface area (Å²) in [4.78, 5) is 14.1. The minimum Gasteiger partial charge on any atom is -0.337 e. The Kier molecular flexibility index (Phi) is 4.18. The van der Waals surface area contributed by atoms with E-state index >= 15 is 0 Å². The SMILES string of the molecule is CC(C)NC1CCN(Cc2ccc(C#N)cc2)C1=O. The van der Waals surface area contributed by atoms with Crippen molar-refractivity contribution < 1.29 is 4.79 Å². The monoisotopic (exact) mass is 257 g/mol. The van der Waals surface area contributed by atoms with Crippen LogP contribution >= 0.6 is 0 Å². The van der Waals surface area contributed by atoms with E-state index in [2.05, 4.69) is 25.2 Å².